The fraction of sp³-hybridized carbons (Fsp3) is 0.417. The van der Waals surface area contributed by atoms with Crippen LogP contribution in [0.1, 0.15) is 27.3 Å². The Morgan fingerprint density at radius 3 is 2.93 bits per heavy atom. The van der Waals surface area contributed by atoms with Gasteiger partial charge in [-0.2, -0.15) is 0 Å². The zero-order valence-electron chi connectivity index (χ0n) is 9.09. The molecular formula is C12H18FNO. The first-order valence-corrected chi connectivity index (χ1v) is 5.15. The van der Waals surface area contributed by atoms with Crippen molar-refractivity contribution in [1.82, 2.24) is 5.32 Å². The minimum Gasteiger partial charge on any atom is -0.352 e. The number of benzene rings is 1. The smallest absolute Gasteiger partial charge is 0.223 e. The molecule has 0 radical (unpaired) electrons. The van der Waals surface area contributed by atoms with Crippen molar-refractivity contribution < 1.29 is 10.6 Å². The van der Waals surface area contributed by atoms with Gasteiger partial charge in [0.25, 0.3) is 0 Å². The number of nitrogens with one attached hydrogen (secondary N) is 1. The zero-order chi connectivity index (χ0) is 11.3. The van der Waals surface area contributed by atoms with Crippen LogP contribution in [0.15, 0.2) is 24.3 Å². The van der Waals surface area contributed by atoms with Crippen LogP contribution in [0.2, 0.25) is 0 Å². The van der Waals surface area contributed by atoms with Gasteiger partial charge in [0.05, 0.1) is 0 Å². The summed E-state index contributed by atoms with van der Waals surface area (Å²) in [5.74, 6) is -0.245. The lowest BCUT2D eigenvalue weighted by Crippen LogP contribution is -2.28. The van der Waals surface area contributed by atoms with E-state index in [0.29, 0.717) is 6.54 Å². The predicted octanol–water partition coefficient (Wildman–Crippen LogP) is 2.73. The molecule has 0 aliphatic carbocycles. The summed E-state index contributed by atoms with van der Waals surface area (Å²) in [5.41, 5.74) is 0.784. The van der Waals surface area contributed by atoms with Crippen molar-refractivity contribution >= 4 is 5.91 Å². The van der Waals surface area contributed by atoms with E-state index >= 15 is 0 Å². The maximum Gasteiger partial charge on any atom is 0.223 e. The molecule has 1 unspecified atom stereocenters. The van der Waals surface area contributed by atoms with Gasteiger partial charge in [0.15, 0.2) is 0 Å². The van der Waals surface area contributed by atoms with E-state index in [1.54, 1.807) is 12.1 Å². The number of halogens is 1. The zero-order valence-corrected chi connectivity index (χ0v) is 9.09. The average Bonchev–Trinajstić information content (AvgIpc) is 2.25. The van der Waals surface area contributed by atoms with Gasteiger partial charge in [0, 0.05) is 13.9 Å². The van der Waals surface area contributed by atoms with E-state index in [9.17, 15) is 9.18 Å². The number of amides is 1. The number of hydrogen-bond acceptors (Lipinski definition) is 1. The van der Waals surface area contributed by atoms with Crippen LogP contribution in [0.4, 0.5) is 4.39 Å². The van der Waals surface area contributed by atoms with Crippen LogP contribution in [-0.4, -0.2) is 5.91 Å². The molecule has 84 valence electrons. The van der Waals surface area contributed by atoms with Crippen molar-refractivity contribution in [1.29, 1.82) is 0 Å². The van der Waals surface area contributed by atoms with Crippen LogP contribution in [0, 0.1) is 11.7 Å². The molecular weight excluding hydrogens is 193 g/mol. The van der Waals surface area contributed by atoms with E-state index in [0.717, 1.165) is 12.0 Å². The number of rotatable bonds is 4. The summed E-state index contributed by atoms with van der Waals surface area (Å²) in [6.45, 7) is 4.23. The monoisotopic (exact) mass is 211 g/mol. The Bertz CT molecular complexity index is 344. The molecule has 0 bridgehead atoms. The van der Waals surface area contributed by atoms with Gasteiger partial charge in [-0.15, -0.1) is 0 Å². The molecule has 0 heterocycles. The molecule has 0 spiro atoms. The molecule has 1 aromatic rings. The number of carbonyl (C=O) groups is 1. The molecule has 0 aliphatic rings. The van der Waals surface area contributed by atoms with Crippen LogP contribution in [0.5, 0.6) is 0 Å². The standard InChI is InChI=1S/C12H16FNO.H2/c1-3-9(2)12(15)14-8-10-5-4-6-11(13)7-10;/h4-7,9H,3,8H2,1-2H3,(H,14,15);1H. The molecule has 2 nitrogen and oxygen atoms in total. The van der Waals surface area contributed by atoms with E-state index in [-0.39, 0.29) is 19.1 Å². The van der Waals surface area contributed by atoms with Gasteiger partial charge in [-0.05, 0) is 24.1 Å². The van der Waals surface area contributed by atoms with Gasteiger partial charge in [0.2, 0.25) is 5.91 Å². The van der Waals surface area contributed by atoms with Crippen LogP contribution in [0.25, 0.3) is 0 Å². The van der Waals surface area contributed by atoms with Crippen molar-refractivity contribution in [2.45, 2.75) is 26.8 Å². The van der Waals surface area contributed by atoms with Gasteiger partial charge in [-0.1, -0.05) is 26.0 Å². The minimum absolute atomic E-state index is 0. The normalized spacial score (nSPS) is 12.2. The summed E-state index contributed by atoms with van der Waals surface area (Å²) in [6.07, 6.45) is 0.814. The van der Waals surface area contributed by atoms with Gasteiger partial charge in [-0.3, -0.25) is 4.79 Å². The highest BCUT2D eigenvalue weighted by Crippen LogP contribution is 2.04. The third kappa shape index (κ3) is 3.70. The fourth-order valence-electron chi connectivity index (χ4n) is 1.20. The molecule has 1 N–H and O–H groups in total. The summed E-state index contributed by atoms with van der Waals surface area (Å²) in [4.78, 5) is 11.4. The van der Waals surface area contributed by atoms with Crippen molar-refractivity contribution in [3.8, 4) is 0 Å². The summed E-state index contributed by atoms with van der Waals surface area (Å²) in [6, 6.07) is 6.25. The van der Waals surface area contributed by atoms with E-state index < -0.39 is 0 Å². The first-order chi connectivity index (χ1) is 7.13. The molecule has 3 heteroatoms. The molecule has 0 saturated heterocycles. The Morgan fingerprint density at radius 2 is 2.33 bits per heavy atom. The predicted molar refractivity (Wildman–Crippen MR) is 59.8 cm³/mol. The highest BCUT2D eigenvalue weighted by Gasteiger charge is 2.09. The molecule has 15 heavy (non-hydrogen) atoms. The van der Waals surface area contributed by atoms with Crippen LogP contribution < -0.4 is 5.32 Å². The van der Waals surface area contributed by atoms with Crippen molar-refractivity contribution in [3.05, 3.63) is 35.6 Å². The Hall–Kier alpha value is -1.38. The van der Waals surface area contributed by atoms with E-state index in [2.05, 4.69) is 5.32 Å². The summed E-state index contributed by atoms with van der Waals surface area (Å²) < 4.78 is 12.8. The lowest BCUT2D eigenvalue weighted by atomic mass is 10.1. The Kier molecular flexibility index (Phi) is 4.28. The summed E-state index contributed by atoms with van der Waals surface area (Å²) in [5, 5.41) is 2.77. The first kappa shape index (κ1) is 11.7. The number of carbonyl (C=O) groups excluding carboxylic acids is 1. The van der Waals surface area contributed by atoms with E-state index in [1.807, 2.05) is 13.8 Å². The maximum absolute atomic E-state index is 12.8. The second kappa shape index (κ2) is 5.49. The van der Waals surface area contributed by atoms with Crippen LogP contribution in [-0.2, 0) is 11.3 Å². The first-order valence-electron chi connectivity index (χ1n) is 5.15. The molecule has 1 rings (SSSR count). The lowest BCUT2D eigenvalue weighted by Gasteiger charge is -2.09. The van der Waals surface area contributed by atoms with Crippen molar-refractivity contribution in [2.75, 3.05) is 0 Å². The second-order valence-corrected chi connectivity index (χ2v) is 3.66. The Balaban J connectivity index is 0.00000225. The molecule has 0 aromatic heterocycles. The SMILES string of the molecule is CCC(C)C(=O)NCc1cccc(F)c1.[HH]. The molecule has 1 atom stereocenters. The van der Waals surface area contributed by atoms with Crippen molar-refractivity contribution in [2.24, 2.45) is 5.92 Å². The quantitative estimate of drug-likeness (QED) is 0.815. The van der Waals surface area contributed by atoms with Gasteiger partial charge < -0.3 is 5.32 Å². The van der Waals surface area contributed by atoms with Gasteiger partial charge >= 0.3 is 0 Å². The van der Waals surface area contributed by atoms with Crippen LogP contribution >= 0.6 is 0 Å². The fourth-order valence-corrected chi connectivity index (χ4v) is 1.20. The summed E-state index contributed by atoms with van der Waals surface area (Å²) in [7, 11) is 0. The number of hydrogen-bond donors (Lipinski definition) is 1. The average molecular weight is 211 g/mol. The van der Waals surface area contributed by atoms with Crippen LogP contribution in [0.3, 0.4) is 0 Å². The molecule has 1 aromatic carbocycles. The Morgan fingerprint density at radius 1 is 1.60 bits per heavy atom. The highest BCUT2D eigenvalue weighted by molar-refractivity contribution is 5.78. The van der Waals surface area contributed by atoms with E-state index in [1.165, 1.54) is 12.1 Å². The van der Waals surface area contributed by atoms with Gasteiger partial charge in [-0.25, -0.2) is 4.39 Å². The third-order valence-electron chi connectivity index (χ3n) is 2.42. The minimum atomic E-state index is -0.273. The molecule has 0 saturated carbocycles. The van der Waals surface area contributed by atoms with E-state index in [4.69, 9.17) is 0 Å². The second-order valence-electron chi connectivity index (χ2n) is 3.66. The Labute approximate surface area is 91.0 Å². The van der Waals surface area contributed by atoms with Gasteiger partial charge in [0.1, 0.15) is 5.82 Å². The third-order valence-corrected chi connectivity index (χ3v) is 2.42. The lowest BCUT2D eigenvalue weighted by molar-refractivity contribution is -0.124. The topological polar surface area (TPSA) is 29.1 Å². The highest BCUT2D eigenvalue weighted by atomic mass is 19.1. The maximum atomic E-state index is 12.8. The molecule has 1 amide bonds. The molecule has 0 aliphatic heterocycles. The largest absolute Gasteiger partial charge is 0.352 e. The summed E-state index contributed by atoms with van der Waals surface area (Å²) >= 11 is 0. The van der Waals surface area contributed by atoms with Crippen molar-refractivity contribution in [3.63, 3.8) is 0 Å². The molecule has 0 fully saturated rings.